The van der Waals surface area contributed by atoms with Crippen LogP contribution in [0.25, 0.3) is 0 Å². The van der Waals surface area contributed by atoms with Gasteiger partial charge in [-0.1, -0.05) is 0 Å². The normalized spacial score (nSPS) is 14.2. The van der Waals surface area contributed by atoms with Crippen molar-refractivity contribution in [3.63, 3.8) is 0 Å². The summed E-state index contributed by atoms with van der Waals surface area (Å²) in [5, 5.41) is 19.1. The number of esters is 1. The van der Waals surface area contributed by atoms with Gasteiger partial charge in [0, 0.05) is 5.56 Å². The topological polar surface area (TPSA) is 79.7 Å². The summed E-state index contributed by atoms with van der Waals surface area (Å²) in [6.07, 6.45) is -2.66. The van der Waals surface area contributed by atoms with Crippen molar-refractivity contribution in [2.75, 3.05) is 6.61 Å². The van der Waals surface area contributed by atoms with Crippen molar-refractivity contribution >= 4 is 21.9 Å². The molecule has 0 aliphatic carbocycles. The largest absolute Gasteiger partial charge is 0.464 e. The Morgan fingerprint density at radius 3 is 2.88 bits per heavy atom. The second-order valence-corrected chi connectivity index (χ2v) is 3.98. The quantitative estimate of drug-likeness (QED) is 0.639. The summed E-state index contributed by atoms with van der Waals surface area (Å²) in [7, 11) is 0. The van der Waals surface area contributed by atoms with E-state index in [9.17, 15) is 19.4 Å². The van der Waals surface area contributed by atoms with Crippen LogP contribution in [0.1, 0.15) is 18.6 Å². The fourth-order valence-corrected chi connectivity index (χ4v) is 1.53. The third kappa shape index (κ3) is 3.45. The van der Waals surface area contributed by atoms with E-state index >= 15 is 0 Å². The fraction of sp³-hybridized carbons (Fsp3) is 0.400. The van der Waals surface area contributed by atoms with Gasteiger partial charge in [0.1, 0.15) is 16.5 Å². The summed E-state index contributed by atoms with van der Waals surface area (Å²) >= 11 is 2.99. The summed E-state index contributed by atoms with van der Waals surface area (Å²) in [6.45, 7) is 1.62. The van der Waals surface area contributed by atoms with E-state index in [-0.39, 0.29) is 16.8 Å². The van der Waals surface area contributed by atoms with Crippen molar-refractivity contribution < 1.29 is 24.1 Å². The number of aliphatic hydroxyl groups is 2. The molecule has 94 valence electrons. The van der Waals surface area contributed by atoms with Crippen LogP contribution in [-0.4, -0.2) is 33.9 Å². The lowest BCUT2D eigenvalue weighted by atomic mass is 10.1. The lowest BCUT2D eigenvalue weighted by Gasteiger charge is -2.17. The first-order valence-corrected chi connectivity index (χ1v) is 5.60. The molecule has 0 saturated heterocycles. The Hall–Kier alpha value is -1.05. The minimum atomic E-state index is -1.83. The van der Waals surface area contributed by atoms with Crippen molar-refractivity contribution in [1.29, 1.82) is 0 Å². The molecule has 0 aromatic carbocycles. The first kappa shape index (κ1) is 14.0. The monoisotopic (exact) mass is 307 g/mol. The highest BCUT2D eigenvalue weighted by molar-refractivity contribution is 9.10. The predicted molar refractivity (Wildman–Crippen MR) is 59.5 cm³/mol. The van der Waals surface area contributed by atoms with Gasteiger partial charge >= 0.3 is 5.97 Å². The van der Waals surface area contributed by atoms with Crippen molar-refractivity contribution in [3.8, 4) is 0 Å². The highest BCUT2D eigenvalue weighted by atomic mass is 79.9. The molecule has 17 heavy (non-hydrogen) atoms. The smallest absolute Gasteiger partial charge is 0.338 e. The molecule has 1 heterocycles. The van der Waals surface area contributed by atoms with Gasteiger partial charge in [0.05, 0.1) is 12.8 Å². The third-order valence-corrected chi connectivity index (χ3v) is 2.43. The van der Waals surface area contributed by atoms with Gasteiger partial charge in [0.15, 0.2) is 6.10 Å². The number of hydrogen-bond donors (Lipinski definition) is 2. The molecule has 2 atom stereocenters. The Morgan fingerprint density at radius 1 is 1.65 bits per heavy atom. The van der Waals surface area contributed by atoms with Crippen molar-refractivity contribution in [2.24, 2.45) is 0 Å². The van der Waals surface area contributed by atoms with Crippen LogP contribution in [0.3, 0.4) is 0 Å². The first-order valence-electron chi connectivity index (χ1n) is 4.81. The van der Waals surface area contributed by atoms with Gasteiger partial charge in [-0.25, -0.2) is 14.2 Å². The number of pyridine rings is 1. The molecule has 0 aliphatic heterocycles. The van der Waals surface area contributed by atoms with Gasteiger partial charge in [-0.15, -0.1) is 0 Å². The van der Waals surface area contributed by atoms with Crippen LogP contribution in [0.2, 0.25) is 0 Å². The van der Waals surface area contributed by atoms with Crippen LogP contribution in [0.5, 0.6) is 0 Å². The van der Waals surface area contributed by atoms with Crippen LogP contribution < -0.4 is 0 Å². The van der Waals surface area contributed by atoms with Crippen LogP contribution in [-0.2, 0) is 9.53 Å². The van der Waals surface area contributed by atoms with Gasteiger partial charge < -0.3 is 14.9 Å². The third-order valence-electron chi connectivity index (χ3n) is 2.00. The van der Waals surface area contributed by atoms with E-state index in [0.717, 1.165) is 6.20 Å². The number of carbonyl (C=O) groups excluding carboxylic acids is 1. The molecule has 0 spiro atoms. The Balaban J connectivity index is 2.91. The number of aromatic nitrogens is 1. The highest BCUT2D eigenvalue weighted by Crippen LogP contribution is 2.23. The lowest BCUT2D eigenvalue weighted by Crippen LogP contribution is -2.30. The number of rotatable bonds is 4. The highest BCUT2D eigenvalue weighted by Gasteiger charge is 2.29. The SMILES string of the molecule is CCOC(=O)C(O)C(O)c1cc(Br)ncc1F. The van der Waals surface area contributed by atoms with Crippen LogP contribution in [0.4, 0.5) is 4.39 Å². The van der Waals surface area contributed by atoms with E-state index in [4.69, 9.17) is 0 Å². The molecule has 1 rings (SSSR count). The molecule has 0 amide bonds. The number of nitrogens with zero attached hydrogens (tertiary/aromatic N) is 1. The molecule has 0 aliphatic rings. The standard InChI is InChI=1S/C10H11BrFNO4/c1-2-17-10(16)9(15)8(14)5-3-7(11)13-4-6(5)12/h3-4,8-9,14-15H,2H2,1H3. The number of carbonyl (C=O) groups is 1. The zero-order valence-electron chi connectivity index (χ0n) is 8.93. The Morgan fingerprint density at radius 2 is 2.29 bits per heavy atom. The van der Waals surface area contributed by atoms with Crippen LogP contribution in [0.15, 0.2) is 16.9 Å². The van der Waals surface area contributed by atoms with Gasteiger partial charge in [-0.05, 0) is 28.9 Å². The van der Waals surface area contributed by atoms with Crippen molar-refractivity contribution in [1.82, 2.24) is 4.98 Å². The molecular formula is C10H11BrFNO4. The molecule has 0 radical (unpaired) electrons. The number of halogens is 2. The molecule has 2 N–H and O–H groups in total. The molecule has 1 aromatic heterocycles. The fourth-order valence-electron chi connectivity index (χ4n) is 1.18. The Kier molecular flexibility index (Phi) is 4.98. The van der Waals surface area contributed by atoms with Crippen LogP contribution >= 0.6 is 15.9 Å². The van der Waals surface area contributed by atoms with E-state index in [2.05, 4.69) is 25.7 Å². The van der Waals surface area contributed by atoms with Crippen molar-refractivity contribution in [3.05, 3.63) is 28.2 Å². The minimum Gasteiger partial charge on any atom is -0.464 e. The summed E-state index contributed by atoms with van der Waals surface area (Å²) < 4.78 is 18.1. The number of hydrogen-bond acceptors (Lipinski definition) is 5. The van der Waals surface area contributed by atoms with Gasteiger partial charge in [-0.2, -0.15) is 0 Å². The molecule has 0 bridgehead atoms. The molecule has 0 saturated carbocycles. The summed E-state index contributed by atoms with van der Waals surface area (Å²) in [6, 6.07) is 1.18. The Bertz CT molecular complexity index is 415. The van der Waals surface area contributed by atoms with E-state index < -0.39 is 24.0 Å². The lowest BCUT2D eigenvalue weighted by molar-refractivity contribution is -0.159. The Labute approximate surface area is 105 Å². The molecule has 2 unspecified atom stereocenters. The average Bonchev–Trinajstić information content (AvgIpc) is 2.30. The van der Waals surface area contributed by atoms with Crippen LogP contribution in [0, 0.1) is 5.82 Å². The number of aliphatic hydroxyl groups excluding tert-OH is 2. The maximum absolute atomic E-state index is 13.3. The van der Waals surface area contributed by atoms with Crippen molar-refractivity contribution in [2.45, 2.75) is 19.1 Å². The van der Waals surface area contributed by atoms with Gasteiger partial charge in [0.25, 0.3) is 0 Å². The van der Waals surface area contributed by atoms with E-state index in [1.165, 1.54) is 6.07 Å². The first-order chi connectivity index (χ1) is 7.97. The zero-order chi connectivity index (χ0) is 13.0. The molecule has 1 aromatic rings. The van der Waals surface area contributed by atoms with E-state index in [1.807, 2.05) is 0 Å². The summed E-state index contributed by atoms with van der Waals surface area (Å²) in [4.78, 5) is 14.8. The minimum absolute atomic E-state index is 0.0606. The maximum atomic E-state index is 13.3. The predicted octanol–water partition coefficient (Wildman–Crippen LogP) is 0.941. The molecule has 5 nitrogen and oxygen atoms in total. The molecule has 7 heteroatoms. The molecule has 0 fully saturated rings. The van der Waals surface area contributed by atoms with Gasteiger partial charge in [-0.3, -0.25) is 0 Å². The summed E-state index contributed by atoms with van der Waals surface area (Å²) in [5.41, 5.74) is -0.229. The van der Waals surface area contributed by atoms with E-state index in [1.54, 1.807) is 6.92 Å². The molecular weight excluding hydrogens is 297 g/mol. The summed E-state index contributed by atoms with van der Waals surface area (Å²) in [5.74, 6) is -1.82. The number of ether oxygens (including phenoxy) is 1. The second-order valence-electron chi connectivity index (χ2n) is 3.17. The van der Waals surface area contributed by atoms with E-state index in [0.29, 0.717) is 0 Å². The zero-order valence-corrected chi connectivity index (χ0v) is 10.5. The average molecular weight is 308 g/mol. The van der Waals surface area contributed by atoms with Gasteiger partial charge in [0.2, 0.25) is 0 Å². The second kappa shape index (κ2) is 6.04. The maximum Gasteiger partial charge on any atom is 0.338 e.